The van der Waals surface area contributed by atoms with Crippen LogP contribution in [0, 0.1) is 0 Å². The van der Waals surface area contributed by atoms with Gasteiger partial charge in [-0.3, -0.25) is 9.78 Å². The summed E-state index contributed by atoms with van der Waals surface area (Å²) in [5, 5.41) is 0. The predicted octanol–water partition coefficient (Wildman–Crippen LogP) is 3.24. The fraction of sp³-hybridized carbons (Fsp3) is 0.200. The molecule has 0 amide bonds. The summed E-state index contributed by atoms with van der Waals surface area (Å²) >= 11 is 0. The highest BCUT2D eigenvalue weighted by Gasteiger charge is 2.31. The van der Waals surface area contributed by atoms with E-state index >= 15 is 0 Å². The van der Waals surface area contributed by atoms with Crippen molar-refractivity contribution in [3.05, 3.63) is 66.0 Å². The number of hydrogen-bond acceptors (Lipinski definition) is 2. The first-order valence-electron chi connectivity index (χ1n) is 5.64. The third-order valence-corrected chi connectivity index (χ3v) is 2.96. The van der Waals surface area contributed by atoms with Crippen LogP contribution in [0.15, 0.2) is 54.7 Å². The van der Waals surface area contributed by atoms with Gasteiger partial charge in [0.05, 0.1) is 5.41 Å². The minimum Gasteiger partial charge on any atom is -0.291 e. The van der Waals surface area contributed by atoms with Gasteiger partial charge in [0.1, 0.15) is 5.69 Å². The minimum atomic E-state index is -0.546. The molecule has 0 N–H and O–H groups in total. The van der Waals surface area contributed by atoms with Gasteiger partial charge in [0, 0.05) is 6.20 Å². The molecule has 2 nitrogen and oxygen atoms in total. The number of ketones is 1. The number of rotatable bonds is 3. The lowest BCUT2D eigenvalue weighted by Crippen LogP contribution is -2.29. The summed E-state index contributed by atoms with van der Waals surface area (Å²) in [5.74, 6) is 0.0456. The molecule has 0 radical (unpaired) electrons. The molecule has 0 spiro atoms. The lowest BCUT2D eigenvalue weighted by molar-refractivity contribution is 0.0903. The van der Waals surface area contributed by atoms with E-state index in [-0.39, 0.29) is 5.78 Å². The SMILES string of the molecule is CC(C)(C(=O)c1ccccn1)c1ccccc1. The maximum absolute atomic E-state index is 12.4. The fourth-order valence-electron chi connectivity index (χ4n) is 1.80. The van der Waals surface area contributed by atoms with Gasteiger partial charge in [-0.05, 0) is 31.5 Å². The van der Waals surface area contributed by atoms with Crippen molar-refractivity contribution in [3.8, 4) is 0 Å². The third kappa shape index (κ3) is 2.26. The molecule has 17 heavy (non-hydrogen) atoms. The number of carbonyl (C=O) groups is 1. The smallest absolute Gasteiger partial charge is 0.191 e. The van der Waals surface area contributed by atoms with E-state index in [1.165, 1.54) is 0 Å². The lowest BCUT2D eigenvalue weighted by Gasteiger charge is -2.23. The number of carbonyl (C=O) groups excluding carboxylic acids is 1. The molecule has 0 atom stereocenters. The van der Waals surface area contributed by atoms with Crippen molar-refractivity contribution in [2.45, 2.75) is 19.3 Å². The fourth-order valence-corrected chi connectivity index (χ4v) is 1.80. The lowest BCUT2D eigenvalue weighted by atomic mass is 9.79. The van der Waals surface area contributed by atoms with Crippen molar-refractivity contribution in [1.29, 1.82) is 0 Å². The quantitative estimate of drug-likeness (QED) is 0.750. The second-order valence-electron chi connectivity index (χ2n) is 4.54. The molecule has 1 aromatic heterocycles. The monoisotopic (exact) mass is 225 g/mol. The summed E-state index contributed by atoms with van der Waals surface area (Å²) in [7, 11) is 0. The number of aromatic nitrogens is 1. The molecule has 1 aromatic carbocycles. The number of benzene rings is 1. The van der Waals surface area contributed by atoms with Crippen molar-refractivity contribution < 1.29 is 4.79 Å². The first kappa shape index (κ1) is 11.5. The van der Waals surface area contributed by atoms with E-state index in [0.717, 1.165) is 5.56 Å². The summed E-state index contributed by atoms with van der Waals surface area (Å²) in [5.41, 5.74) is 0.979. The predicted molar refractivity (Wildman–Crippen MR) is 68.0 cm³/mol. The normalized spacial score (nSPS) is 11.2. The Balaban J connectivity index is 2.37. The maximum atomic E-state index is 12.4. The topological polar surface area (TPSA) is 30.0 Å². The van der Waals surface area contributed by atoms with Gasteiger partial charge in [-0.2, -0.15) is 0 Å². The molecule has 2 heteroatoms. The summed E-state index contributed by atoms with van der Waals surface area (Å²) in [6.07, 6.45) is 1.65. The van der Waals surface area contributed by atoms with Crippen molar-refractivity contribution in [2.75, 3.05) is 0 Å². The molecule has 0 saturated heterocycles. The van der Waals surface area contributed by atoms with Crippen LogP contribution in [0.3, 0.4) is 0 Å². The Morgan fingerprint density at radius 3 is 2.24 bits per heavy atom. The van der Waals surface area contributed by atoms with Crippen LogP contribution in [0.1, 0.15) is 29.9 Å². The van der Waals surface area contributed by atoms with Crippen LogP contribution in [0.4, 0.5) is 0 Å². The first-order valence-corrected chi connectivity index (χ1v) is 5.64. The van der Waals surface area contributed by atoms with Gasteiger partial charge < -0.3 is 0 Å². The molecule has 0 aliphatic carbocycles. The summed E-state index contributed by atoms with van der Waals surface area (Å²) in [6, 6.07) is 15.2. The van der Waals surface area contributed by atoms with Gasteiger partial charge in [0.2, 0.25) is 0 Å². The second kappa shape index (κ2) is 4.50. The maximum Gasteiger partial charge on any atom is 0.191 e. The van der Waals surface area contributed by atoms with E-state index in [4.69, 9.17) is 0 Å². The van der Waals surface area contributed by atoms with Gasteiger partial charge >= 0.3 is 0 Å². The van der Waals surface area contributed by atoms with Crippen molar-refractivity contribution in [1.82, 2.24) is 4.98 Å². The van der Waals surface area contributed by atoms with E-state index in [9.17, 15) is 4.79 Å². The highest BCUT2D eigenvalue weighted by Crippen LogP contribution is 2.26. The number of Topliss-reactive ketones (excluding diaryl/α,β-unsaturated/α-hetero) is 1. The molecule has 2 rings (SSSR count). The van der Waals surface area contributed by atoms with Crippen LogP contribution in [0.2, 0.25) is 0 Å². The Labute approximate surface area is 101 Å². The Morgan fingerprint density at radius 2 is 1.65 bits per heavy atom. The Kier molecular flexibility index (Phi) is 3.05. The van der Waals surface area contributed by atoms with Crippen LogP contribution >= 0.6 is 0 Å². The third-order valence-electron chi connectivity index (χ3n) is 2.96. The standard InChI is InChI=1S/C15H15NO/c1-15(2,12-8-4-3-5-9-12)14(17)13-10-6-7-11-16-13/h3-11H,1-2H3. The summed E-state index contributed by atoms with van der Waals surface area (Å²) < 4.78 is 0. The van der Waals surface area contributed by atoms with Crippen LogP contribution < -0.4 is 0 Å². The number of nitrogens with zero attached hydrogens (tertiary/aromatic N) is 1. The zero-order valence-corrected chi connectivity index (χ0v) is 10.1. The molecule has 2 aromatic rings. The Bertz CT molecular complexity index is 503. The molecule has 0 bridgehead atoms. The van der Waals surface area contributed by atoms with Gasteiger partial charge in [-0.25, -0.2) is 0 Å². The molecular weight excluding hydrogens is 210 g/mol. The second-order valence-corrected chi connectivity index (χ2v) is 4.54. The molecule has 0 aliphatic heterocycles. The van der Waals surface area contributed by atoms with Gasteiger partial charge in [-0.15, -0.1) is 0 Å². The zero-order chi connectivity index (χ0) is 12.3. The number of hydrogen-bond donors (Lipinski definition) is 0. The van der Waals surface area contributed by atoms with Crippen molar-refractivity contribution in [3.63, 3.8) is 0 Å². The number of pyridine rings is 1. The molecule has 0 aliphatic rings. The first-order chi connectivity index (χ1) is 8.12. The largest absolute Gasteiger partial charge is 0.291 e. The highest BCUT2D eigenvalue weighted by atomic mass is 16.1. The Hall–Kier alpha value is -1.96. The Morgan fingerprint density at radius 1 is 1.00 bits per heavy atom. The average Bonchev–Trinajstić information content (AvgIpc) is 2.40. The van der Waals surface area contributed by atoms with E-state index in [2.05, 4.69) is 4.98 Å². The van der Waals surface area contributed by atoms with Crippen LogP contribution in [-0.4, -0.2) is 10.8 Å². The van der Waals surface area contributed by atoms with Gasteiger partial charge in [0.25, 0.3) is 0 Å². The van der Waals surface area contributed by atoms with Crippen molar-refractivity contribution >= 4 is 5.78 Å². The van der Waals surface area contributed by atoms with Gasteiger partial charge in [0.15, 0.2) is 5.78 Å². The highest BCUT2D eigenvalue weighted by molar-refractivity contribution is 6.02. The van der Waals surface area contributed by atoms with Gasteiger partial charge in [-0.1, -0.05) is 36.4 Å². The van der Waals surface area contributed by atoms with Crippen LogP contribution in [-0.2, 0) is 5.41 Å². The molecule has 0 saturated carbocycles. The van der Waals surface area contributed by atoms with E-state index in [0.29, 0.717) is 5.69 Å². The van der Waals surface area contributed by atoms with E-state index < -0.39 is 5.41 Å². The van der Waals surface area contributed by atoms with E-state index in [1.807, 2.05) is 56.3 Å². The molecular formula is C15H15NO. The molecule has 0 unspecified atom stereocenters. The van der Waals surface area contributed by atoms with Crippen molar-refractivity contribution in [2.24, 2.45) is 0 Å². The van der Waals surface area contributed by atoms with E-state index in [1.54, 1.807) is 12.3 Å². The molecule has 1 heterocycles. The van der Waals surface area contributed by atoms with Crippen LogP contribution in [0.5, 0.6) is 0 Å². The molecule has 0 fully saturated rings. The summed E-state index contributed by atoms with van der Waals surface area (Å²) in [6.45, 7) is 3.86. The average molecular weight is 225 g/mol. The molecule has 86 valence electrons. The van der Waals surface area contributed by atoms with Crippen LogP contribution in [0.25, 0.3) is 0 Å². The minimum absolute atomic E-state index is 0.0456. The zero-order valence-electron chi connectivity index (χ0n) is 10.1. The summed E-state index contributed by atoms with van der Waals surface area (Å²) in [4.78, 5) is 16.5.